The van der Waals surface area contributed by atoms with Crippen molar-refractivity contribution in [3.05, 3.63) is 52.3 Å². The van der Waals surface area contributed by atoms with Gasteiger partial charge in [-0.3, -0.25) is 0 Å². The van der Waals surface area contributed by atoms with Gasteiger partial charge in [-0.15, -0.1) is 0 Å². The Hall–Kier alpha value is -1.83. The van der Waals surface area contributed by atoms with Crippen LogP contribution in [-0.2, 0) is 16.0 Å². The molecule has 1 aromatic rings. The molecule has 3 rings (SSSR count). The van der Waals surface area contributed by atoms with E-state index in [9.17, 15) is 4.79 Å². The fourth-order valence-corrected chi connectivity index (χ4v) is 2.05. The minimum Gasteiger partial charge on any atom is -0.423 e. The Kier molecular flexibility index (Phi) is 1.60. The van der Waals surface area contributed by atoms with Gasteiger partial charge in [0.05, 0.1) is 0 Å². The van der Waals surface area contributed by atoms with Gasteiger partial charge in [0.2, 0.25) is 0 Å². The molecule has 74 valence electrons. The van der Waals surface area contributed by atoms with E-state index in [0.29, 0.717) is 0 Å². The first-order valence-electron chi connectivity index (χ1n) is 4.97. The molecule has 2 nitrogen and oxygen atoms in total. The van der Waals surface area contributed by atoms with Gasteiger partial charge in [0.25, 0.3) is 0 Å². The summed E-state index contributed by atoms with van der Waals surface area (Å²) in [4.78, 5) is 11.4. The summed E-state index contributed by atoms with van der Waals surface area (Å²) < 4.78 is 5.18. The lowest BCUT2D eigenvalue weighted by Crippen LogP contribution is -2.01. The lowest BCUT2D eigenvalue weighted by atomic mass is 9.91. The Morgan fingerprint density at radius 3 is 2.93 bits per heavy atom. The van der Waals surface area contributed by atoms with Crippen molar-refractivity contribution in [1.82, 2.24) is 0 Å². The first-order valence-corrected chi connectivity index (χ1v) is 4.97. The first-order chi connectivity index (χ1) is 7.25. The van der Waals surface area contributed by atoms with Crippen LogP contribution in [0.2, 0.25) is 0 Å². The van der Waals surface area contributed by atoms with Crippen LogP contribution in [-0.4, -0.2) is 5.97 Å². The number of fused-ring (bicyclic) bond motifs is 2. The topological polar surface area (TPSA) is 26.3 Å². The second-order valence-corrected chi connectivity index (χ2v) is 3.88. The number of ether oxygens (including phenoxy) is 1. The number of hydrogen-bond acceptors (Lipinski definition) is 2. The third kappa shape index (κ3) is 1.14. The zero-order chi connectivity index (χ0) is 10.4. The summed E-state index contributed by atoms with van der Waals surface area (Å²) in [6.45, 7) is 1.83. The van der Waals surface area contributed by atoms with Crippen LogP contribution < -0.4 is 0 Å². The summed E-state index contributed by atoms with van der Waals surface area (Å²) in [5.74, 6) is 0.528. The summed E-state index contributed by atoms with van der Waals surface area (Å²) >= 11 is 0. The Labute approximate surface area is 87.9 Å². The van der Waals surface area contributed by atoms with Crippen molar-refractivity contribution in [3.8, 4) is 0 Å². The summed E-state index contributed by atoms with van der Waals surface area (Å²) in [6.07, 6.45) is 2.75. The molecule has 0 saturated heterocycles. The molecule has 15 heavy (non-hydrogen) atoms. The van der Waals surface area contributed by atoms with Crippen molar-refractivity contribution in [2.24, 2.45) is 0 Å². The molecule has 2 heteroatoms. The molecular weight excluding hydrogens is 188 g/mol. The average Bonchev–Trinajstić information content (AvgIpc) is 2.52. The molecule has 0 radical (unpaired) electrons. The molecular formula is C13H10O2. The molecule has 1 aromatic carbocycles. The van der Waals surface area contributed by atoms with E-state index in [1.54, 1.807) is 0 Å². The third-order valence-electron chi connectivity index (χ3n) is 2.97. The van der Waals surface area contributed by atoms with E-state index in [0.717, 1.165) is 28.9 Å². The monoisotopic (exact) mass is 198 g/mol. The number of carbonyl (C=O) groups excluding carboxylic acids is 1. The lowest BCUT2D eigenvalue weighted by molar-refractivity contribution is -0.133. The molecule has 0 saturated carbocycles. The van der Waals surface area contributed by atoms with E-state index in [1.807, 2.05) is 31.2 Å². The smallest absolute Gasteiger partial charge is 0.339 e. The van der Waals surface area contributed by atoms with E-state index in [-0.39, 0.29) is 5.97 Å². The van der Waals surface area contributed by atoms with Gasteiger partial charge >= 0.3 is 5.97 Å². The van der Waals surface area contributed by atoms with Crippen LogP contribution in [0.5, 0.6) is 0 Å². The maximum atomic E-state index is 11.4. The number of hydrogen-bond donors (Lipinski definition) is 0. The number of esters is 1. The molecule has 1 heterocycles. The van der Waals surface area contributed by atoms with Crippen LogP contribution in [0, 0.1) is 0 Å². The van der Waals surface area contributed by atoms with Gasteiger partial charge in [-0.2, -0.15) is 0 Å². The van der Waals surface area contributed by atoms with Crippen LogP contribution >= 0.6 is 0 Å². The second kappa shape index (κ2) is 2.83. The van der Waals surface area contributed by atoms with Crippen LogP contribution in [0.25, 0.3) is 6.08 Å². The van der Waals surface area contributed by atoms with Gasteiger partial charge in [0, 0.05) is 17.6 Å². The van der Waals surface area contributed by atoms with Crippen LogP contribution in [0.3, 0.4) is 0 Å². The fourth-order valence-electron chi connectivity index (χ4n) is 2.05. The van der Waals surface area contributed by atoms with Crippen molar-refractivity contribution in [3.63, 3.8) is 0 Å². The Morgan fingerprint density at radius 2 is 2.07 bits per heavy atom. The summed E-state index contributed by atoms with van der Waals surface area (Å²) in [5, 5.41) is 0. The SMILES string of the molecule is CC1=C2Cc3ccccc3C=C2OC1=O. The van der Waals surface area contributed by atoms with E-state index in [1.165, 1.54) is 5.56 Å². The molecule has 0 atom stereocenters. The Bertz CT molecular complexity index is 521. The van der Waals surface area contributed by atoms with Gasteiger partial charge in [-0.1, -0.05) is 24.3 Å². The molecule has 0 fully saturated rings. The molecule has 0 spiro atoms. The maximum Gasteiger partial charge on any atom is 0.339 e. The van der Waals surface area contributed by atoms with Crippen LogP contribution in [0.4, 0.5) is 0 Å². The Balaban J connectivity index is 2.19. The molecule has 0 aromatic heterocycles. The molecule has 1 aliphatic carbocycles. The Morgan fingerprint density at radius 1 is 1.27 bits per heavy atom. The molecule has 0 unspecified atom stereocenters. The number of benzene rings is 1. The van der Waals surface area contributed by atoms with Crippen molar-refractivity contribution in [1.29, 1.82) is 0 Å². The second-order valence-electron chi connectivity index (χ2n) is 3.88. The minimum absolute atomic E-state index is 0.205. The zero-order valence-electron chi connectivity index (χ0n) is 8.41. The van der Waals surface area contributed by atoms with Crippen molar-refractivity contribution < 1.29 is 9.53 Å². The normalized spacial score (nSPS) is 18.2. The highest BCUT2D eigenvalue weighted by atomic mass is 16.5. The highest BCUT2D eigenvalue weighted by Crippen LogP contribution is 2.35. The number of rotatable bonds is 0. The van der Waals surface area contributed by atoms with Crippen molar-refractivity contribution in [2.45, 2.75) is 13.3 Å². The van der Waals surface area contributed by atoms with Gasteiger partial charge in [0.15, 0.2) is 0 Å². The van der Waals surface area contributed by atoms with Gasteiger partial charge in [0.1, 0.15) is 5.76 Å². The van der Waals surface area contributed by atoms with Crippen LogP contribution in [0.1, 0.15) is 18.1 Å². The summed E-state index contributed by atoms with van der Waals surface area (Å²) in [7, 11) is 0. The molecule has 1 aliphatic heterocycles. The van der Waals surface area contributed by atoms with Gasteiger partial charge < -0.3 is 4.74 Å². The summed E-state index contributed by atoms with van der Waals surface area (Å²) in [6, 6.07) is 8.14. The molecule has 0 N–H and O–H groups in total. The maximum absolute atomic E-state index is 11.4. The van der Waals surface area contributed by atoms with Crippen LogP contribution in [0.15, 0.2) is 41.2 Å². The third-order valence-corrected chi connectivity index (χ3v) is 2.97. The van der Waals surface area contributed by atoms with E-state index >= 15 is 0 Å². The minimum atomic E-state index is -0.205. The quantitative estimate of drug-likeness (QED) is 0.598. The largest absolute Gasteiger partial charge is 0.423 e. The molecule has 0 amide bonds. The van der Waals surface area contributed by atoms with Gasteiger partial charge in [-0.25, -0.2) is 4.79 Å². The van der Waals surface area contributed by atoms with E-state index in [2.05, 4.69) is 6.07 Å². The van der Waals surface area contributed by atoms with E-state index in [4.69, 9.17) is 4.74 Å². The van der Waals surface area contributed by atoms with E-state index < -0.39 is 0 Å². The highest BCUT2D eigenvalue weighted by Gasteiger charge is 2.29. The van der Waals surface area contributed by atoms with Crippen molar-refractivity contribution >= 4 is 12.0 Å². The standard InChI is InChI=1S/C13H10O2/c1-8-11-6-9-4-2-3-5-10(9)7-12(11)15-13(8)14/h2-5,7H,6H2,1H3. The number of carbonyl (C=O) groups is 1. The summed E-state index contributed by atoms with van der Waals surface area (Å²) in [5.41, 5.74) is 4.20. The van der Waals surface area contributed by atoms with Crippen molar-refractivity contribution in [2.75, 3.05) is 0 Å². The average molecular weight is 198 g/mol. The molecule has 2 aliphatic rings. The predicted molar refractivity (Wildman–Crippen MR) is 56.9 cm³/mol. The highest BCUT2D eigenvalue weighted by molar-refractivity contribution is 5.95. The lowest BCUT2D eigenvalue weighted by Gasteiger charge is -2.14. The number of allylic oxidation sites excluding steroid dienone is 1. The molecule has 0 bridgehead atoms. The van der Waals surface area contributed by atoms with Gasteiger partial charge in [-0.05, 0) is 24.1 Å². The fraction of sp³-hybridized carbons (Fsp3) is 0.154. The predicted octanol–water partition coefficient (Wildman–Crippen LogP) is 2.46. The zero-order valence-corrected chi connectivity index (χ0v) is 8.41. The first kappa shape index (κ1) is 8.48.